The van der Waals surface area contributed by atoms with Crippen LogP contribution in [0.15, 0.2) is 97.2 Å². The number of benzene rings is 3. The molecule has 0 saturated heterocycles. The summed E-state index contributed by atoms with van der Waals surface area (Å²) in [5, 5.41) is 12.4. The average molecular weight is 479 g/mol. The van der Waals surface area contributed by atoms with Gasteiger partial charge in [-0.2, -0.15) is 13.2 Å². The van der Waals surface area contributed by atoms with E-state index in [9.17, 15) is 18.3 Å². The van der Waals surface area contributed by atoms with E-state index >= 15 is 0 Å². The number of aromatic nitrogens is 1. The lowest BCUT2D eigenvalue weighted by Gasteiger charge is -2.34. The van der Waals surface area contributed by atoms with Crippen LogP contribution in [0.2, 0.25) is 0 Å². The first-order chi connectivity index (χ1) is 16.8. The summed E-state index contributed by atoms with van der Waals surface area (Å²) < 4.78 is 44.9. The Labute approximate surface area is 204 Å². The van der Waals surface area contributed by atoms with Crippen molar-refractivity contribution in [2.24, 2.45) is 0 Å². The molecule has 0 amide bonds. The molecular weight excluding hydrogens is 449 g/mol. The van der Waals surface area contributed by atoms with E-state index in [1.54, 1.807) is 71.4 Å². The van der Waals surface area contributed by atoms with Crippen LogP contribution in [0.1, 0.15) is 41.8 Å². The van der Waals surface area contributed by atoms with Crippen molar-refractivity contribution in [2.45, 2.75) is 32.2 Å². The summed E-state index contributed by atoms with van der Waals surface area (Å²) in [4.78, 5) is 2.14. The Morgan fingerprint density at radius 1 is 0.714 bits per heavy atom. The maximum absolute atomic E-state index is 14.4. The summed E-state index contributed by atoms with van der Waals surface area (Å²) in [5.74, 6) is 0. The van der Waals surface area contributed by atoms with Crippen LogP contribution < -0.4 is 0 Å². The predicted molar refractivity (Wildman–Crippen MR) is 132 cm³/mol. The van der Waals surface area contributed by atoms with Gasteiger partial charge in [0.15, 0.2) is 0 Å². The SMILES string of the molecule is CCN(CC)Cc1cccn1-c1c(C(F)(F)F)cccc1C(O)(c1ccccc1)c1ccccc1. The van der Waals surface area contributed by atoms with Gasteiger partial charge in [-0.25, -0.2) is 0 Å². The van der Waals surface area contributed by atoms with Crippen LogP contribution in [0.3, 0.4) is 0 Å². The van der Waals surface area contributed by atoms with Crippen LogP contribution in [0, 0.1) is 0 Å². The minimum Gasteiger partial charge on any atom is -0.376 e. The molecule has 0 fully saturated rings. The lowest BCUT2D eigenvalue weighted by atomic mass is 9.78. The van der Waals surface area contributed by atoms with Crippen molar-refractivity contribution in [1.82, 2.24) is 9.47 Å². The second-order valence-electron chi connectivity index (χ2n) is 8.47. The van der Waals surface area contributed by atoms with Crippen molar-refractivity contribution in [1.29, 1.82) is 0 Å². The molecule has 0 aliphatic heterocycles. The Balaban J connectivity index is 2.05. The van der Waals surface area contributed by atoms with Crippen LogP contribution in [-0.4, -0.2) is 27.7 Å². The summed E-state index contributed by atoms with van der Waals surface area (Å²) in [5.41, 5.74) is -0.805. The quantitative estimate of drug-likeness (QED) is 0.288. The molecule has 1 N–H and O–H groups in total. The van der Waals surface area contributed by atoms with Crippen molar-refractivity contribution < 1.29 is 18.3 Å². The highest BCUT2D eigenvalue weighted by molar-refractivity contribution is 5.60. The maximum Gasteiger partial charge on any atom is 0.418 e. The Hall–Kier alpha value is -3.35. The standard InChI is InChI=1S/C29H29F3N2O/c1-3-33(4-2)21-24-17-12-20-34(24)27-25(18-11-19-26(27)29(30,31)32)28(35,22-13-7-5-8-14-22)23-15-9-6-10-16-23/h5-20,35H,3-4,21H2,1-2H3. The number of alkyl halides is 3. The molecule has 4 rings (SSSR count). The molecule has 1 aromatic heterocycles. The Morgan fingerprint density at radius 3 is 1.77 bits per heavy atom. The van der Waals surface area contributed by atoms with E-state index in [2.05, 4.69) is 4.90 Å². The van der Waals surface area contributed by atoms with Crippen molar-refractivity contribution in [2.75, 3.05) is 13.1 Å². The second-order valence-corrected chi connectivity index (χ2v) is 8.47. The lowest BCUT2D eigenvalue weighted by Crippen LogP contribution is -2.32. The highest BCUT2D eigenvalue weighted by Crippen LogP contribution is 2.44. The third-order valence-electron chi connectivity index (χ3n) is 6.47. The van der Waals surface area contributed by atoms with Crippen LogP contribution in [0.5, 0.6) is 0 Å². The van der Waals surface area contributed by atoms with Gasteiger partial charge >= 0.3 is 6.18 Å². The number of hydrogen-bond donors (Lipinski definition) is 1. The van der Waals surface area contributed by atoms with Gasteiger partial charge in [0, 0.05) is 24.0 Å². The maximum atomic E-state index is 14.4. The average Bonchev–Trinajstić information content (AvgIpc) is 3.34. The molecule has 0 aliphatic rings. The van der Waals surface area contributed by atoms with Gasteiger partial charge in [-0.1, -0.05) is 86.6 Å². The molecule has 0 atom stereocenters. The molecule has 6 heteroatoms. The smallest absolute Gasteiger partial charge is 0.376 e. The van der Waals surface area contributed by atoms with Crippen LogP contribution >= 0.6 is 0 Å². The summed E-state index contributed by atoms with van der Waals surface area (Å²) in [6.45, 7) is 6.08. The topological polar surface area (TPSA) is 28.4 Å². The number of nitrogens with zero attached hydrogens (tertiary/aromatic N) is 2. The number of halogens is 3. The van der Waals surface area contributed by atoms with Gasteiger partial charge in [0.1, 0.15) is 5.60 Å². The largest absolute Gasteiger partial charge is 0.418 e. The summed E-state index contributed by atoms with van der Waals surface area (Å²) >= 11 is 0. The molecule has 0 spiro atoms. The van der Waals surface area contributed by atoms with Gasteiger partial charge in [0.25, 0.3) is 0 Å². The highest BCUT2D eigenvalue weighted by atomic mass is 19.4. The number of para-hydroxylation sites is 1. The third kappa shape index (κ3) is 4.77. The van der Waals surface area contributed by atoms with E-state index < -0.39 is 17.3 Å². The van der Waals surface area contributed by atoms with Crippen molar-refractivity contribution >= 4 is 0 Å². The van der Waals surface area contributed by atoms with Gasteiger partial charge in [-0.05, 0) is 42.4 Å². The fourth-order valence-electron chi connectivity index (χ4n) is 4.60. The molecule has 0 aliphatic carbocycles. The van der Waals surface area contributed by atoms with Gasteiger partial charge < -0.3 is 9.67 Å². The van der Waals surface area contributed by atoms with Crippen LogP contribution in [0.4, 0.5) is 13.2 Å². The monoisotopic (exact) mass is 478 g/mol. The van der Waals surface area contributed by atoms with E-state index in [0.717, 1.165) is 24.8 Å². The number of rotatable bonds is 8. The van der Waals surface area contributed by atoms with Crippen LogP contribution in [-0.2, 0) is 18.3 Å². The minimum absolute atomic E-state index is 0.0673. The first-order valence-corrected chi connectivity index (χ1v) is 11.7. The van der Waals surface area contributed by atoms with Crippen molar-refractivity contribution in [3.63, 3.8) is 0 Å². The molecule has 1 heterocycles. The van der Waals surface area contributed by atoms with Crippen LogP contribution in [0.25, 0.3) is 5.69 Å². The molecule has 0 radical (unpaired) electrons. The van der Waals surface area contributed by atoms with Gasteiger partial charge in [0.2, 0.25) is 0 Å². The van der Waals surface area contributed by atoms with Crippen molar-refractivity contribution in [3.8, 4) is 5.69 Å². The summed E-state index contributed by atoms with van der Waals surface area (Å²) in [7, 11) is 0. The molecular formula is C29H29F3N2O. The highest BCUT2D eigenvalue weighted by Gasteiger charge is 2.42. The fraction of sp³-hybridized carbons (Fsp3) is 0.241. The number of aliphatic hydroxyl groups is 1. The third-order valence-corrected chi connectivity index (χ3v) is 6.47. The normalized spacial score (nSPS) is 12.3. The van der Waals surface area contributed by atoms with E-state index in [1.807, 2.05) is 32.0 Å². The molecule has 0 saturated carbocycles. The van der Waals surface area contributed by atoms with E-state index in [-0.39, 0.29) is 11.3 Å². The molecule has 4 aromatic rings. The summed E-state index contributed by atoms with van der Waals surface area (Å²) in [6, 6.07) is 25.3. The van der Waals surface area contributed by atoms with E-state index in [4.69, 9.17) is 0 Å². The molecule has 182 valence electrons. The second kappa shape index (κ2) is 10.1. The molecule has 35 heavy (non-hydrogen) atoms. The zero-order valence-corrected chi connectivity index (χ0v) is 19.8. The lowest BCUT2D eigenvalue weighted by molar-refractivity contribution is -0.137. The zero-order valence-electron chi connectivity index (χ0n) is 19.8. The zero-order chi connectivity index (χ0) is 25.1. The molecule has 0 unspecified atom stereocenters. The fourth-order valence-corrected chi connectivity index (χ4v) is 4.60. The number of hydrogen-bond acceptors (Lipinski definition) is 2. The van der Waals surface area contributed by atoms with E-state index in [1.165, 1.54) is 6.07 Å². The predicted octanol–water partition coefficient (Wildman–Crippen LogP) is 6.62. The van der Waals surface area contributed by atoms with Crippen molar-refractivity contribution in [3.05, 3.63) is 125 Å². The summed E-state index contributed by atoms with van der Waals surface area (Å²) in [6.07, 6.45) is -2.97. The molecule has 3 nitrogen and oxygen atoms in total. The molecule has 0 bridgehead atoms. The Bertz CT molecular complexity index is 1210. The molecule has 3 aromatic carbocycles. The minimum atomic E-state index is -4.61. The first-order valence-electron chi connectivity index (χ1n) is 11.7. The first kappa shape index (κ1) is 24.8. The van der Waals surface area contributed by atoms with Gasteiger partial charge in [-0.15, -0.1) is 0 Å². The Morgan fingerprint density at radius 2 is 1.26 bits per heavy atom. The van der Waals surface area contributed by atoms with E-state index in [0.29, 0.717) is 17.7 Å². The Kier molecular flexibility index (Phi) is 7.15. The van der Waals surface area contributed by atoms with Gasteiger partial charge in [0.05, 0.1) is 11.3 Å². The van der Waals surface area contributed by atoms with Gasteiger partial charge in [-0.3, -0.25) is 4.90 Å².